The van der Waals surface area contributed by atoms with E-state index in [2.05, 4.69) is 20.6 Å². The van der Waals surface area contributed by atoms with Crippen LogP contribution in [0.2, 0.25) is 0 Å². The third kappa shape index (κ3) is 7.21. The van der Waals surface area contributed by atoms with Crippen molar-refractivity contribution in [2.75, 3.05) is 31.0 Å². The highest BCUT2D eigenvalue weighted by Crippen LogP contribution is 2.51. The van der Waals surface area contributed by atoms with Crippen LogP contribution in [0.1, 0.15) is 35.3 Å². The summed E-state index contributed by atoms with van der Waals surface area (Å²) in [6, 6.07) is 10.3. The first-order valence-corrected chi connectivity index (χ1v) is 13.1. The number of nitrogens with zero attached hydrogens (tertiary/aromatic N) is 2. The predicted octanol–water partition coefficient (Wildman–Crippen LogP) is 6.46. The number of carbonyl (C=O) groups is 1. The Labute approximate surface area is 216 Å². The van der Waals surface area contributed by atoms with E-state index in [4.69, 9.17) is 13.8 Å². The van der Waals surface area contributed by atoms with Gasteiger partial charge < -0.3 is 29.5 Å². The average Bonchev–Trinajstić information content (AvgIpc) is 2.85. The topological polar surface area (TPSA) is 132 Å². The van der Waals surface area contributed by atoms with Crippen LogP contribution in [0.15, 0.2) is 48.7 Å². The molecule has 3 rings (SSSR count). The molecule has 0 amide bonds. The molecule has 0 aliphatic rings. The number of alkyl halides is 3. The number of ether oxygens (including phenoxy) is 1. The first-order chi connectivity index (χ1) is 18.0. The van der Waals surface area contributed by atoms with Crippen molar-refractivity contribution in [1.29, 1.82) is 0 Å². The number of rotatable bonds is 12. The van der Waals surface area contributed by atoms with E-state index in [0.717, 1.165) is 0 Å². The van der Waals surface area contributed by atoms with Gasteiger partial charge in [0.15, 0.2) is 0 Å². The van der Waals surface area contributed by atoms with Crippen LogP contribution in [-0.4, -0.2) is 41.4 Å². The maximum Gasteiger partial charge on any atom is 0.421 e. The molecule has 0 aliphatic carbocycles. The fourth-order valence-corrected chi connectivity index (χ4v) is 5.14. The maximum absolute atomic E-state index is 13.7. The number of aromatic carboxylic acids is 1. The number of hydrogen-bond donors (Lipinski definition) is 3. The Kier molecular flexibility index (Phi) is 9.31. The SMILES string of the molecule is CCOP(=O)(Cc1ccc(Nc2ncc(C(F)(F)F)c(Nc3ccccc3C(=O)O)n2)c(OC)c1)OCC. The zero-order valence-corrected chi connectivity index (χ0v) is 21.6. The lowest BCUT2D eigenvalue weighted by atomic mass is 10.1. The molecule has 0 unspecified atom stereocenters. The molecule has 0 bridgehead atoms. The molecule has 1 heterocycles. The van der Waals surface area contributed by atoms with Crippen LogP contribution >= 0.6 is 7.60 Å². The number of nitrogens with one attached hydrogen (secondary N) is 2. The maximum atomic E-state index is 13.7. The smallest absolute Gasteiger partial charge is 0.421 e. The molecule has 14 heteroatoms. The standard InChI is InChI=1S/C24H26F3N4O6P/c1-4-36-38(34,37-5-2)14-15-10-11-19(20(12-15)35-3)30-23-28-13-17(24(25,26)27)21(31-23)29-18-9-7-6-8-16(18)22(32)33/h6-13H,4-5,14H2,1-3H3,(H,32,33)(H2,28,29,30,31). The fourth-order valence-electron chi connectivity index (χ4n) is 3.45. The van der Waals surface area contributed by atoms with Crippen molar-refractivity contribution in [3.05, 3.63) is 65.4 Å². The Hall–Kier alpha value is -3.67. The van der Waals surface area contributed by atoms with Gasteiger partial charge in [0.2, 0.25) is 5.95 Å². The monoisotopic (exact) mass is 554 g/mol. The third-order valence-corrected chi connectivity index (χ3v) is 7.10. The molecule has 3 N–H and O–H groups in total. The molecule has 0 saturated carbocycles. The number of carboxylic acid groups (broad SMARTS) is 1. The number of carboxylic acids is 1. The van der Waals surface area contributed by atoms with Gasteiger partial charge in [0, 0.05) is 6.20 Å². The summed E-state index contributed by atoms with van der Waals surface area (Å²) < 4.78 is 69.9. The van der Waals surface area contributed by atoms with Crippen LogP contribution in [0.3, 0.4) is 0 Å². The average molecular weight is 554 g/mol. The van der Waals surface area contributed by atoms with Crippen molar-refractivity contribution in [2.24, 2.45) is 0 Å². The van der Waals surface area contributed by atoms with E-state index in [9.17, 15) is 27.6 Å². The minimum Gasteiger partial charge on any atom is -0.495 e. The van der Waals surface area contributed by atoms with E-state index in [1.165, 1.54) is 31.4 Å². The van der Waals surface area contributed by atoms with Gasteiger partial charge in [-0.2, -0.15) is 18.2 Å². The second-order valence-electron chi connectivity index (χ2n) is 7.69. The van der Waals surface area contributed by atoms with Crippen molar-refractivity contribution >= 4 is 36.7 Å². The number of para-hydroxylation sites is 1. The van der Waals surface area contributed by atoms with Gasteiger partial charge in [0.1, 0.15) is 17.1 Å². The Morgan fingerprint density at radius 1 is 1.05 bits per heavy atom. The third-order valence-electron chi connectivity index (χ3n) is 5.04. The Morgan fingerprint density at radius 2 is 1.74 bits per heavy atom. The van der Waals surface area contributed by atoms with E-state index in [0.29, 0.717) is 17.4 Å². The zero-order valence-electron chi connectivity index (χ0n) is 20.7. The lowest BCUT2D eigenvalue weighted by Crippen LogP contribution is -2.14. The van der Waals surface area contributed by atoms with Gasteiger partial charge in [-0.25, -0.2) is 9.78 Å². The molecule has 0 fully saturated rings. The summed E-state index contributed by atoms with van der Waals surface area (Å²) in [5, 5.41) is 14.6. The summed E-state index contributed by atoms with van der Waals surface area (Å²) in [5.74, 6) is -1.91. The first-order valence-electron chi connectivity index (χ1n) is 11.3. The number of hydrogen-bond acceptors (Lipinski definition) is 9. The van der Waals surface area contributed by atoms with Crippen LogP contribution < -0.4 is 15.4 Å². The van der Waals surface area contributed by atoms with Gasteiger partial charge in [-0.1, -0.05) is 18.2 Å². The quantitative estimate of drug-likeness (QED) is 0.214. The summed E-state index contributed by atoms with van der Waals surface area (Å²) >= 11 is 0. The molecule has 0 radical (unpaired) electrons. The predicted molar refractivity (Wildman–Crippen MR) is 135 cm³/mol. The highest BCUT2D eigenvalue weighted by atomic mass is 31.2. The van der Waals surface area contributed by atoms with Gasteiger partial charge in [-0.05, 0) is 43.7 Å². The molecule has 0 atom stereocenters. The van der Waals surface area contributed by atoms with E-state index in [-0.39, 0.29) is 42.3 Å². The van der Waals surface area contributed by atoms with Crippen molar-refractivity contribution in [3.8, 4) is 5.75 Å². The first kappa shape index (κ1) is 28.9. The number of halogens is 3. The van der Waals surface area contributed by atoms with Crippen LogP contribution in [0.5, 0.6) is 5.75 Å². The van der Waals surface area contributed by atoms with Gasteiger partial charge >= 0.3 is 19.7 Å². The normalized spacial score (nSPS) is 11.7. The van der Waals surface area contributed by atoms with Crippen LogP contribution in [-0.2, 0) is 26.0 Å². The second kappa shape index (κ2) is 12.2. The number of anilines is 4. The van der Waals surface area contributed by atoms with E-state index in [1.54, 1.807) is 32.0 Å². The van der Waals surface area contributed by atoms with E-state index >= 15 is 0 Å². The summed E-state index contributed by atoms with van der Waals surface area (Å²) in [6.07, 6.45) is -4.24. The summed E-state index contributed by atoms with van der Waals surface area (Å²) in [4.78, 5) is 19.2. The van der Waals surface area contributed by atoms with E-state index < -0.39 is 31.1 Å². The number of benzene rings is 2. The molecule has 38 heavy (non-hydrogen) atoms. The zero-order chi connectivity index (χ0) is 27.9. The minimum atomic E-state index is -4.81. The highest BCUT2D eigenvalue weighted by molar-refractivity contribution is 7.53. The number of aromatic nitrogens is 2. The van der Waals surface area contributed by atoms with Crippen molar-refractivity contribution in [3.63, 3.8) is 0 Å². The van der Waals surface area contributed by atoms with Crippen molar-refractivity contribution in [2.45, 2.75) is 26.2 Å². The molecule has 204 valence electrons. The summed E-state index contributed by atoms with van der Waals surface area (Å²) in [5.41, 5.74) is -0.602. The lowest BCUT2D eigenvalue weighted by molar-refractivity contribution is -0.137. The van der Waals surface area contributed by atoms with Crippen LogP contribution in [0, 0.1) is 0 Å². The molecule has 2 aromatic carbocycles. The molecular formula is C24H26F3N4O6P. The molecule has 0 saturated heterocycles. The Bertz CT molecular complexity index is 1330. The molecule has 3 aromatic rings. The molecular weight excluding hydrogens is 528 g/mol. The molecule has 0 aliphatic heterocycles. The van der Waals surface area contributed by atoms with Crippen molar-refractivity contribution < 1.29 is 41.4 Å². The second-order valence-corrected chi connectivity index (χ2v) is 9.75. The molecule has 1 aromatic heterocycles. The Balaban J connectivity index is 1.94. The number of methoxy groups -OCH3 is 1. The van der Waals surface area contributed by atoms with Gasteiger partial charge in [0.25, 0.3) is 0 Å². The van der Waals surface area contributed by atoms with Crippen LogP contribution in [0.4, 0.5) is 36.3 Å². The van der Waals surface area contributed by atoms with Gasteiger partial charge in [-0.15, -0.1) is 0 Å². The van der Waals surface area contributed by atoms with Gasteiger partial charge in [-0.3, -0.25) is 4.57 Å². The minimum absolute atomic E-state index is 0.0147. The highest BCUT2D eigenvalue weighted by Gasteiger charge is 2.35. The largest absolute Gasteiger partial charge is 0.495 e. The molecule has 10 nitrogen and oxygen atoms in total. The van der Waals surface area contributed by atoms with E-state index in [1.807, 2.05) is 0 Å². The summed E-state index contributed by atoms with van der Waals surface area (Å²) in [7, 11) is -2.00. The molecule has 0 spiro atoms. The van der Waals surface area contributed by atoms with Gasteiger partial charge in [0.05, 0.1) is 43.4 Å². The van der Waals surface area contributed by atoms with Crippen LogP contribution in [0.25, 0.3) is 0 Å². The van der Waals surface area contributed by atoms with Crippen molar-refractivity contribution in [1.82, 2.24) is 9.97 Å². The summed E-state index contributed by atoms with van der Waals surface area (Å²) in [6.45, 7) is 3.80. The fraction of sp³-hybridized carbons (Fsp3) is 0.292. The Morgan fingerprint density at radius 3 is 2.34 bits per heavy atom. The lowest BCUT2D eigenvalue weighted by Gasteiger charge is -2.18.